The number of sulfonamides is 1. The van der Waals surface area contributed by atoms with E-state index in [2.05, 4.69) is 14.9 Å². The molecule has 0 bridgehead atoms. The van der Waals surface area contributed by atoms with Crippen molar-refractivity contribution in [2.24, 2.45) is 0 Å². The average molecular weight is 488 g/mol. The van der Waals surface area contributed by atoms with E-state index in [0.29, 0.717) is 23.9 Å². The summed E-state index contributed by atoms with van der Waals surface area (Å²) in [6.45, 7) is 1.84. The molecule has 0 aliphatic rings. The van der Waals surface area contributed by atoms with Gasteiger partial charge in [0.05, 0.1) is 17.7 Å². The largest absolute Gasteiger partial charge is 0.495 e. The maximum Gasteiger partial charge on any atom is 0.262 e. The van der Waals surface area contributed by atoms with Crippen LogP contribution in [0.5, 0.6) is 5.75 Å². The number of halogens is 1. The monoisotopic (exact) mass is 487 g/mol. The molecule has 3 aromatic rings. The van der Waals surface area contributed by atoms with Crippen LogP contribution in [0, 0.1) is 0 Å². The van der Waals surface area contributed by atoms with E-state index in [1.54, 1.807) is 18.2 Å². The number of nitrogens with zero attached hydrogens (tertiary/aromatic N) is 1. The second-order valence-electron chi connectivity index (χ2n) is 7.46. The summed E-state index contributed by atoms with van der Waals surface area (Å²) in [4.78, 5) is 14.6. The Labute approximate surface area is 199 Å². The molecule has 0 spiro atoms. The smallest absolute Gasteiger partial charge is 0.262 e. The van der Waals surface area contributed by atoms with Crippen LogP contribution >= 0.6 is 11.6 Å². The molecule has 0 heterocycles. The van der Waals surface area contributed by atoms with Gasteiger partial charge in [0.25, 0.3) is 15.9 Å². The number of likely N-dealkylation sites (N-methyl/N-ethyl adjacent to an activating group) is 1. The third-order valence-corrected chi connectivity index (χ3v) is 6.49. The molecule has 0 aromatic heterocycles. The molecular formula is C24H26ClN3O4S. The predicted molar refractivity (Wildman–Crippen MR) is 130 cm³/mol. The first kappa shape index (κ1) is 24.6. The second-order valence-corrected chi connectivity index (χ2v) is 9.58. The quantitative estimate of drug-likeness (QED) is 0.451. The highest BCUT2D eigenvalue weighted by molar-refractivity contribution is 7.92. The number of methoxy groups -OCH3 is 1. The molecule has 3 rings (SSSR count). The first-order valence-electron chi connectivity index (χ1n) is 10.3. The van der Waals surface area contributed by atoms with Crippen molar-refractivity contribution in [3.63, 3.8) is 0 Å². The first-order valence-corrected chi connectivity index (χ1v) is 12.1. The first-order chi connectivity index (χ1) is 15.8. The summed E-state index contributed by atoms with van der Waals surface area (Å²) >= 11 is 5.98. The summed E-state index contributed by atoms with van der Waals surface area (Å²) in [6.07, 6.45) is 0. The lowest BCUT2D eigenvalue weighted by atomic mass is 10.2. The number of anilines is 1. The van der Waals surface area contributed by atoms with E-state index in [4.69, 9.17) is 16.3 Å². The van der Waals surface area contributed by atoms with Crippen molar-refractivity contribution < 1.29 is 17.9 Å². The van der Waals surface area contributed by atoms with E-state index >= 15 is 0 Å². The van der Waals surface area contributed by atoms with E-state index in [1.165, 1.54) is 36.9 Å². The van der Waals surface area contributed by atoms with Crippen molar-refractivity contribution in [3.05, 3.63) is 88.9 Å². The van der Waals surface area contributed by atoms with Gasteiger partial charge in [0.2, 0.25) is 0 Å². The van der Waals surface area contributed by atoms with Crippen molar-refractivity contribution in [1.82, 2.24) is 10.2 Å². The lowest BCUT2D eigenvalue weighted by Gasteiger charge is -2.17. The minimum absolute atomic E-state index is 0.0432. The fraction of sp³-hybridized carbons (Fsp3) is 0.208. The van der Waals surface area contributed by atoms with Crippen LogP contribution in [0.3, 0.4) is 0 Å². The lowest BCUT2D eigenvalue weighted by Crippen LogP contribution is -2.32. The number of rotatable bonds is 10. The predicted octanol–water partition coefficient (Wildman–Crippen LogP) is 4.01. The normalized spacial score (nSPS) is 11.3. The van der Waals surface area contributed by atoms with Gasteiger partial charge in [-0.2, -0.15) is 0 Å². The number of carbonyl (C=O) groups is 1. The summed E-state index contributed by atoms with van der Waals surface area (Å²) in [6, 6.07) is 20.5. The molecule has 1 amide bonds. The maximum atomic E-state index is 12.9. The molecule has 3 aromatic carbocycles. The third kappa shape index (κ3) is 6.95. The molecule has 0 aliphatic carbocycles. The van der Waals surface area contributed by atoms with Crippen LogP contribution in [0.25, 0.3) is 0 Å². The molecule has 0 fully saturated rings. The zero-order valence-electron chi connectivity index (χ0n) is 18.4. The number of nitrogens with one attached hydrogen (secondary N) is 2. The highest BCUT2D eigenvalue weighted by Crippen LogP contribution is 2.29. The van der Waals surface area contributed by atoms with E-state index in [1.807, 2.05) is 37.4 Å². The maximum absolute atomic E-state index is 12.9. The van der Waals surface area contributed by atoms with E-state index in [9.17, 15) is 13.2 Å². The fourth-order valence-corrected chi connectivity index (χ4v) is 4.48. The number of carbonyl (C=O) groups excluding carboxylic acids is 1. The molecule has 33 heavy (non-hydrogen) atoms. The van der Waals surface area contributed by atoms with Gasteiger partial charge < -0.3 is 15.0 Å². The van der Waals surface area contributed by atoms with E-state index in [0.717, 1.165) is 6.54 Å². The van der Waals surface area contributed by atoms with Gasteiger partial charge in [-0.3, -0.25) is 9.52 Å². The van der Waals surface area contributed by atoms with Gasteiger partial charge in [0.1, 0.15) is 5.75 Å². The van der Waals surface area contributed by atoms with Crippen LogP contribution < -0.4 is 14.8 Å². The van der Waals surface area contributed by atoms with Crippen molar-refractivity contribution >= 4 is 33.2 Å². The summed E-state index contributed by atoms with van der Waals surface area (Å²) in [7, 11) is -0.556. The minimum Gasteiger partial charge on any atom is -0.495 e. The molecule has 0 radical (unpaired) electrons. The molecule has 0 saturated carbocycles. The van der Waals surface area contributed by atoms with Gasteiger partial charge in [0.15, 0.2) is 0 Å². The summed E-state index contributed by atoms with van der Waals surface area (Å²) in [5.41, 5.74) is 1.65. The Hall–Kier alpha value is -3.07. The van der Waals surface area contributed by atoms with Crippen LogP contribution in [0.2, 0.25) is 5.02 Å². The molecule has 0 aliphatic heterocycles. The Balaban J connectivity index is 1.62. The molecule has 0 unspecified atom stereocenters. The van der Waals surface area contributed by atoms with Crippen molar-refractivity contribution in [2.45, 2.75) is 11.4 Å². The van der Waals surface area contributed by atoms with Crippen molar-refractivity contribution in [2.75, 3.05) is 32.0 Å². The lowest BCUT2D eigenvalue weighted by molar-refractivity contribution is 0.0949. The van der Waals surface area contributed by atoms with Crippen molar-refractivity contribution in [1.29, 1.82) is 0 Å². The fourth-order valence-electron chi connectivity index (χ4n) is 3.20. The van der Waals surface area contributed by atoms with Gasteiger partial charge >= 0.3 is 0 Å². The molecule has 0 saturated heterocycles. The van der Waals surface area contributed by atoms with Crippen LogP contribution in [0.1, 0.15) is 15.9 Å². The molecule has 0 atom stereocenters. The van der Waals surface area contributed by atoms with Crippen molar-refractivity contribution in [3.8, 4) is 5.75 Å². The average Bonchev–Trinajstić information content (AvgIpc) is 2.79. The van der Waals surface area contributed by atoms with Crippen LogP contribution in [0.4, 0.5) is 5.69 Å². The standard InChI is InChI=1S/C24H26ClN3O4S/c1-28(17-18-7-4-3-5-8-18)14-13-26-24(29)19-9-6-10-21(15-19)33(30,31)27-22-16-20(25)11-12-23(22)32-2/h3-12,15-16,27H,13-14,17H2,1-2H3,(H,26,29). The molecular weight excluding hydrogens is 462 g/mol. The third-order valence-electron chi connectivity index (χ3n) is 4.89. The highest BCUT2D eigenvalue weighted by atomic mass is 35.5. The van der Waals surface area contributed by atoms with Crippen LogP contribution in [-0.4, -0.2) is 46.5 Å². The van der Waals surface area contributed by atoms with Crippen LogP contribution in [-0.2, 0) is 16.6 Å². The molecule has 2 N–H and O–H groups in total. The zero-order valence-corrected chi connectivity index (χ0v) is 20.0. The number of benzene rings is 3. The highest BCUT2D eigenvalue weighted by Gasteiger charge is 2.19. The SMILES string of the molecule is COc1ccc(Cl)cc1NS(=O)(=O)c1cccc(C(=O)NCCN(C)Cc2ccccc2)c1. The van der Waals surface area contributed by atoms with E-state index in [-0.39, 0.29) is 22.1 Å². The van der Waals surface area contributed by atoms with Gasteiger partial charge in [0, 0.05) is 30.2 Å². The molecule has 7 nitrogen and oxygen atoms in total. The molecule has 9 heteroatoms. The van der Waals surface area contributed by atoms with Gasteiger partial charge in [-0.25, -0.2) is 8.42 Å². The summed E-state index contributed by atoms with van der Waals surface area (Å²) in [5, 5.41) is 3.20. The van der Waals surface area contributed by atoms with Crippen LogP contribution in [0.15, 0.2) is 77.7 Å². The second kappa shape index (κ2) is 11.2. The zero-order chi connectivity index (χ0) is 23.8. The number of amides is 1. The van der Waals surface area contributed by atoms with Gasteiger partial charge in [-0.15, -0.1) is 0 Å². The Kier molecular flexibility index (Phi) is 8.32. The summed E-state index contributed by atoms with van der Waals surface area (Å²) in [5.74, 6) is -0.0167. The Bertz CT molecular complexity index is 1200. The number of hydrogen-bond acceptors (Lipinski definition) is 5. The number of hydrogen-bond donors (Lipinski definition) is 2. The van der Waals surface area contributed by atoms with Gasteiger partial charge in [-0.05, 0) is 49.0 Å². The number of ether oxygens (including phenoxy) is 1. The topological polar surface area (TPSA) is 87.7 Å². The Morgan fingerprint density at radius 2 is 1.79 bits per heavy atom. The van der Waals surface area contributed by atoms with Gasteiger partial charge in [-0.1, -0.05) is 48.0 Å². The summed E-state index contributed by atoms with van der Waals surface area (Å²) < 4.78 is 33.4. The minimum atomic E-state index is -3.96. The Morgan fingerprint density at radius 1 is 1.03 bits per heavy atom. The van der Waals surface area contributed by atoms with E-state index < -0.39 is 10.0 Å². The molecule has 174 valence electrons. The Morgan fingerprint density at radius 3 is 2.52 bits per heavy atom.